The van der Waals surface area contributed by atoms with Crippen LogP contribution in [0.15, 0.2) is 53.5 Å². The van der Waals surface area contributed by atoms with Crippen LogP contribution in [0.1, 0.15) is 12.5 Å². The number of aromatic nitrogens is 1. The van der Waals surface area contributed by atoms with Crippen LogP contribution in [0.4, 0.5) is 18.9 Å². The number of carbonyl (C=O) groups excluding carboxylic acids is 3. The van der Waals surface area contributed by atoms with Crippen LogP contribution in [-0.4, -0.2) is 42.2 Å². The lowest BCUT2D eigenvalue weighted by molar-refractivity contribution is -0.149. The molecule has 1 heterocycles. The van der Waals surface area contributed by atoms with Gasteiger partial charge in [0.05, 0.1) is 12.2 Å². The van der Waals surface area contributed by atoms with E-state index in [0.29, 0.717) is 28.6 Å². The van der Waals surface area contributed by atoms with Crippen molar-refractivity contribution in [3.63, 3.8) is 0 Å². The highest BCUT2D eigenvalue weighted by molar-refractivity contribution is 5.99. The van der Waals surface area contributed by atoms with Crippen LogP contribution in [0.5, 0.6) is 0 Å². The van der Waals surface area contributed by atoms with E-state index in [9.17, 15) is 32.3 Å². The Morgan fingerprint density at radius 2 is 1.68 bits per heavy atom. The summed E-state index contributed by atoms with van der Waals surface area (Å²) in [5, 5.41) is 0. The number of esters is 2. The number of nitrogens with zero attached hydrogens (tertiary/aromatic N) is 2. The number of hydrogen-bond donors (Lipinski definition) is 0. The first-order valence-corrected chi connectivity index (χ1v) is 9.06. The molecule has 0 spiro atoms. The Morgan fingerprint density at radius 3 is 2.29 bits per heavy atom. The van der Waals surface area contributed by atoms with Gasteiger partial charge in [0, 0.05) is 18.0 Å². The number of para-hydroxylation sites is 1. The van der Waals surface area contributed by atoms with Crippen LogP contribution in [0.2, 0.25) is 0 Å². The van der Waals surface area contributed by atoms with Crippen molar-refractivity contribution in [3.8, 4) is 0 Å². The number of amides is 1. The van der Waals surface area contributed by atoms with Crippen molar-refractivity contribution in [2.24, 2.45) is 0 Å². The fraction of sp³-hybridized carbons (Fsp3) is 0.300. The first kappa shape index (κ1) is 23.6. The normalized spacial score (nSPS) is 11.0. The summed E-state index contributed by atoms with van der Waals surface area (Å²) in [6.07, 6.45) is -4.21. The summed E-state index contributed by atoms with van der Waals surface area (Å²) < 4.78 is 48.5. The average molecular weight is 440 g/mol. The Hall–Kier alpha value is -3.63. The lowest BCUT2D eigenvalue weighted by Gasteiger charge is -2.21. The molecule has 0 bridgehead atoms. The zero-order valence-corrected chi connectivity index (χ0v) is 16.4. The SMILES string of the molecule is CCOC(=O)CN(C(=O)COC(=O)Cn1cc(C(F)(F)F)ccc1=O)c1ccccc1. The van der Waals surface area contributed by atoms with Gasteiger partial charge in [-0.2, -0.15) is 13.2 Å². The van der Waals surface area contributed by atoms with Crippen molar-refractivity contribution in [1.82, 2.24) is 4.57 Å². The molecule has 8 nitrogen and oxygen atoms in total. The fourth-order valence-corrected chi connectivity index (χ4v) is 2.49. The third-order valence-corrected chi connectivity index (χ3v) is 3.93. The van der Waals surface area contributed by atoms with E-state index in [1.165, 1.54) is 0 Å². The monoisotopic (exact) mass is 440 g/mol. The van der Waals surface area contributed by atoms with E-state index in [0.717, 1.165) is 4.90 Å². The number of rotatable bonds is 8. The smallest absolute Gasteiger partial charge is 0.417 e. The summed E-state index contributed by atoms with van der Waals surface area (Å²) in [5.74, 6) is -2.54. The largest absolute Gasteiger partial charge is 0.465 e. The van der Waals surface area contributed by atoms with Crippen LogP contribution >= 0.6 is 0 Å². The minimum Gasteiger partial charge on any atom is -0.465 e. The number of alkyl halides is 3. The molecule has 0 aliphatic rings. The van der Waals surface area contributed by atoms with Crippen LogP contribution in [-0.2, 0) is 36.6 Å². The number of carbonyl (C=O) groups is 3. The Morgan fingerprint density at radius 1 is 1.00 bits per heavy atom. The fourth-order valence-electron chi connectivity index (χ4n) is 2.49. The molecule has 0 saturated heterocycles. The maximum atomic E-state index is 12.8. The van der Waals surface area contributed by atoms with Gasteiger partial charge in [-0.1, -0.05) is 18.2 Å². The topological polar surface area (TPSA) is 94.9 Å². The molecule has 1 aromatic carbocycles. The number of halogens is 3. The van der Waals surface area contributed by atoms with Crippen molar-refractivity contribution >= 4 is 23.5 Å². The summed E-state index contributed by atoms with van der Waals surface area (Å²) in [5.41, 5.74) is -1.60. The number of benzene rings is 1. The summed E-state index contributed by atoms with van der Waals surface area (Å²) in [6, 6.07) is 9.35. The Labute approximate surface area is 174 Å². The summed E-state index contributed by atoms with van der Waals surface area (Å²) >= 11 is 0. The summed E-state index contributed by atoms with van der Waals surface area (Å²) in [6.45, 7) is -0.331. The predicted molar refractivity (Wildman–Crippen MR) is 102 cm³/mol. The Bertz CT molecular complexity index is 988. The van der Waals surface area contributed by atoms with Gasteiger partial charge < -0.3 is 14.0 Å². The molecule has 31 heavy (non-hydrogen) atoms. The van der Waals surface area contributed by atoms with E-state index >= 15 is 0 Å². The van der Waals surface area contributed by atoms with Crippen LogP contribution < -0.4 is 10.5 Å². The number of anilines is 1. The number of ether oxygens (including phenoxy) is 2. The molecule has 2 aromatic rings. The molecule has 0 aliphatic heterocycles. The molecule has 0 atom stereocenters. The van der Waals surface area contributed by atoms with E-state index in [4.69, 9.17) is 9.47 Å². The van der Waals surface area contributed by atoms with Gasteiger partial charge in [-0.15, -0.1) is 0 Å². The lowest BCUT2D eigenvalue weighted by Crippen LogP contribution is -2.39. The lowest BCUT2D eigenvalue weighted by atomic mass is 10.2. The van der Waals surface area contributed by atoms with Gasteiger partial charge in [-0.3, -0.25) is 24.1 Å². The van der Waals surface area contributed by atoms with Crippen molar-refractivity contribution < 1.29 is 37.0 Å². The first-order chi connectivity index (χ1) is 14.6. The van der Waals surface area contributed by atoms with Gasteiger partial charge in [-0.05, 0) is 25.1 Å². The predicted octanol–water partition coefficient (Wildman–Crippen LogP) is 2.01. The van der Waals surface area contributed by atoms with Crippen molar-refractivity contribution in [3.05, 3.63) is 64.6 Å². The van der Waals surface area contributed by atoms with Crippen LogP contribution in [0.3, 0.4) is 0 Å². The quantitative estimate of drug-likeness (QED) is 0.583. The molecule has 1 aromatic heterocycles. The van der Waals surface area contributed by atoms with Crippen LogP contribution in [0.25, 0.3) is 0 Å². The Kier molecular flexibility index (Phi) is 7.94. The highest BCUT2D eigenvalue weighted by Gasteiger charge is 2.31. The van der Waals surface area contributed by atoms with Gasteiger partial charge >= 0.3 is 18.1 Å². The maximum Gasteiger partial charge on any atom is 0.417 e. The molecule has 11 heteroatoms. The van der Waals surface area contributed by atoms with Gasteiger partial charge in [0.25, 0.3) is 11.5 Å². The number of pyridine rings is 1. The molecule has 0 N–H and O–H groups in total. The molecule has 0 saturated carbocycles. The summed E-state index contributed by atoms with van der Waals surface area (Å²) in [7, 11) is 0. The second-order valence-corrected chi connectivity index (χ2v) is 6.16. The standard InChI is InChI=1S/C20H19F3N2O6/c1-2-30-19(29)12-25(15-6-4-3-5-7-15)17(27)13-31-18(28)11-24-10-14(20(21,22)23)8-9-16(24)26/h3-10H,2,11-13H2,1H3. The molecule has 1 amide bonds. The highest BCUT2D eigenvalue weighted by Crippen LogP contribution is 2.28. The van der Waals surface area contributed by atoms with Gasteiger partial charge in [0.2, 0.25) is 0 Å². The first-order valence-electron chi connectivity index (χ1n) is 9.06. The van der Waals surface area contributed by atoms with E-state index in [1.807, 2.05) is 0 Å². The summed E-state index contributed by atoms with van der Waals surface area (Å²) in [4.78, 5) is 49.1. The van der Waals surface area contributed by atoms with Crippen molar-refractivity contribution in [2.45, 2.75) is 19.6 Å². The zero-order valence-electron chi connectivity index (χ0n) is 16.4. The Balaban J connectivity index is 2.06. The van der Waals surface area contributed by atoms with Crippen molar-refractivity contribution in [1.29, 1.82) is 0 Å². The maximum absolute atomic E-state index is 12.8. The molecule has 0 fully saturated rings. The molecule has 0 unspecified atom stereocenters. The second kappa shape index (κ2) is 10.4. The minimum atomic E-state index is -4.70. The molecule has 166 valence electrons. The third kappa shape index (κ3) is 6.98. The second-order valence-electron chi connectivity index (χ2n) is 6.16. The minimum absolute atomic E-state index is 0.108. The molecule has 0 aliphatic carbocycles. The molecular weight excluding hydrogens is 421 g/mol. The van der Waals surface area contributed by atoms with E-state index < -0.39 is 54.8 Å². The highest BCUT2D eigenvalue weighted by atomic mass is 19.4. The zero-order chi connectivity index (χ0) is 23.0. The molecular formula is C20H19F3N2O6. The van der Waals surface area contributed by atoms with Gasteiger partial charge in [0.1, 0.15) is 13.1 Å². The van der Waals surface area contributed by atoms with Crippen molar-refractivity contribution in [2.75, 3.05) is 24.7 Å². The molecule has 2 rings (SSSR count). The number of hydrogen-bond acceptors (Lipinski definition) is 6. The van der Waals surface area contributed by atoms with E-state index in [1.54, 1.807) is 37.3 Å². The van der Waals surface area contributed by atoms with Gasteiger partial charge in [-0.25, -0.2) is 0 Å². The van der Waals surface area contributed by atoms with E-state index in [-0.39, 0.29) is 6.61 Å². The average Bonchev–Trinajstić information content (AvgIpc) is 2.72. The van der Waals surface area contributed by atoms with Crippen LogP contribution in [0, 0.1) is 0 Å². The van der Waals surface area contributed by atoms with Gasteiger partial charge in [0.15, 0.2) is 6.61 Å². The molecule has 0 radical (unpaired) electrons. The third-order valence-electron chi connectivity index (χ3n) is 3.93. The van der Waals surface area contributed by atoms with E-state index in [2.05, 4.69) is 0 Å².